The number of likely N-dealkylation sites (tertiary alicyclic amines) is 1. The highest BCUT2D eigenvalue weighted by Gasteiger charge is 2.35. The number of fused-ring (bicyclic) bond motifs is 1. The van der Waals surface area contributed by atoms with E-state index in [0.717, 1.165) is 6.42 Å². The number of piperidine rings is 1. The molecule has 10 heteroatoms. The van der Waals surface area contributed by atoms with Crippen LogP contribution in [0.4, 0.5) is 5.69 Å². The van der Waals surface area contributed by atoms with Crippen LogP contribution in [0.15, 0.2) is 70.2 Å². The molecule has 1 amide bonds. The normalized spacial score (nSPS) is 18.8. The van der Waals surface area contributed by atoms with E-state index in [1.807, 2.05) is 4.90 Å². The van der Waals surface area contributed by atoms with Gasteiger partial charge < -0.3 is 14.8 Å². The van der Waals surface area contributed by atoms with Gasteiger partial charge in [0.15, 0.2) is 11.7 Å². The molecule has 0 aliphatic carbocycles. The summed E-state index contributed by atoms with van der Waals surface area (Å²) < 4.78 is 30.5. The van der Waals surface area contributed by atoms with Crippen LogP contribution in [0, 0.1) is 5.92 Å². The Bertz CT molecular complexity index is 1410. The number of aryl methyl sites for hydroxylation is 1. The van der Waals surface area contributed by atoms with Gasteiger partial charge in [0.05, 0.1) is 5.92 Å². The van der Waals surface area contributed by atoms with Crippen molar-refractivity contribution in [2.24, 2.45) is 17.4 Å². The molecule has 1 fully saturated rings. The molecule has 0 spiro atoms. The third kappa shape index (κ3) is 4.01. The van der Waals surface area contributed by atoms with Crippen molar-refractivity contribution < 1.29 is 18.0 Å². The minimum atomic E-state index is -3.71. The quantitative estimate of drug-likeness (QED) is 0.578. The maximum absolute atomic E-state index is 13.0. The minimum absolute atomic E-state index is 0.150. The number of ketones is 1. The van der Waals surface area contributed by atoms with E-state index in [1.54, 1.807) is 72.5 Å². The van der Waals surface area contributed by atoms with Crippen LogP contribution in [0.3, 0.4) is 0 Å². The minimum Gasteiger partial charge on any atom is -0.355 e. The van der Waals surface area contributed by atoms with Gasteiger partial charge in [0.1, 0.15) is 4.90 Å². The number of amidine groups is 1. The third-order valence-electron chi connectivity index (χ3n) is 6.14. The maximum atomic E-state index is 13.0. The van der Waals surface area contributed by atoms with Crippen LogP contribution >= 0.6 is 0 Å². The van der Waals surface area contributed by atoms with Crippen LogP contribution in [-0.4, -0.2) is 53.5 Å². The van der Waals surface area contributed by atoms with Crippen LogP contribution in [0.5, 0.6) is 0 Å². The van der Waals surface area contributed by atoms with E-state index in [2.05, 4.69) is 14.7 Å². The summed E-state index contributed by atoms with van der Waals surface area (Å²) in [5, 5.41) is 2.91. The number of amides is 1. The van der Waals surface area contributed by atoms with E-state index in [9.17, 15) is 18.0 Å². The zero-order valence-electron chi connectivity index (χ0n) is 18.5. The number of nitrogens with one attached hydrogen (secondary N) is 1. The number of sulfonamides is 1. The number of benzene rings is 2. The zero-order chi connectivity index (χ0) is 23.9. The molecule has 174 valence electrons. The molecule has 1 unspecified atom stereocenters. The highest BCUT2D eigenvalue weighted by molar-refractivity contribution is 7.90. The molecule has 0 bridgehead atoms. The number of aromatic nitrogens is 2. The highest BCUT2D eigenvalue weighted by atomic mass is 32.2. The summed E-state index contributed by atoms with van der Waals surface area (Å²) in [5.74, 6) is 0.0898. The van der Waals surface area contributed by atoms with Gasteiger partial charge in [-0.2, -0.15) is 8.42 Å². The van der Waals surface area contributed by atoms with Gasteiger partial charge in [-0.25, -0.2) is 4.98 Å². The molecule has 3 aromatic rings. The van der Waals surface area contributed by atoms with Crippen molar-refractivity contribution in [3.63, 3.8) is 0 Å². The van der Waals surface area contributed by atoms with Crippen molar-refractivity contribution in [2.75, 3.05) is 18.4 Å². The number of hydrogen-bond acceptors (Lipinski definition) is 6. The first-order valence-electron chi connectivity index (χ1n) is 11.0. The topological polar surface area (TPSA) is 114 Å². The lowest BCUT2D eigenvalue weighted by molar-refractivity contribution is -0.121. The van der Waals surface area contributed by atoms with E-state index in [0.29, 0.717) is 48.0 Å². The van der Waals surface area contributed by atoms with Crippen molar-refractivity contribution in [1.82, 2.24) is 14.5 Å². The van der Waals surface area contributed by atoms with Gasteiger partial charge in [-0.3, -0.25) is 9.59 Å². The summed E-state index contributed by atoms with van der Waals surface area (Å²) in [7, 11) is -1.95. The van der Waals surface area contributed by atoms with Gasteiger partial charge in [0.25, 0.3) is 10.0 Å². The second kappa shape index (κ2) is 8.53. The third-order valence-corrected chi connectivity index (χ3v) is 7.47. The van der Waals surface area contributed by atoms with Crippen molar-refractivity contribution in [3.8, 4) is 0 Å². The van der Waals surface area contributed by atoms with Gasteiger partial charge in [0.2, 0.25) is 11.7 Å². The van der Waals surface area contributed by atoms with Crippen molar-refractivity contribution in [1.29, 1.82) is 0 Å². The number of imidazole rings is 1. The SMILES string of the molecule is Cn1ccnc1C(=O)c1ccc(NC(=O)C2CCCN(C3=NS(=O)(=O)c4ccccc43)C2)cc1. The molecule has 1 atom stereocenters. The molecule has 1 N–H and O–H groups in total. The summed E-state index contributed by atoms with van der Waals surface area (Å²) in [5.41, 5.74) is 1.65. The molecule has 3 heterocycles. The fourth-order valence-corrected chi connectivity index (χ4v) is 5.59. The first-order chi connectivity index (χ1) is 16.3. The number of rotatable bonds is 4. The number of hydrogen-bond donors (Lipinski definition) is 1. The van der Waals surface area contributed by atoms with Crippen LogP contribution in [0.25, 0.3) is 0 Å². The zero-order valence-corrected chi connectivity index (χ0v) is 19.3. The molecular formula is C24H23N5O4S. The lowest BCUT2D eigenvalue weighted by atomic mass is 9.96. The van der Waals surface area contributed by atoms with Gasteiger partial charge in [-0.15, -0.1) is 4.40 Å². The molecule has 2 aliphatic heterocycles. The number of carbonyl (C=O) groups is 2. The number of anilines is 1. The molecule has 1 aromatic heterocycles. The lowest BCUT2D eigenvalue weighted by Crippen LogP contribution is -2.43. The van der Waals surface area contributed by atoms with Crippen molar-refractivity contribution in [2.45, 2.75) is 17.7 Å². The fourth-order valence-electron chi connectivity index (χ4n) is 4.36. The van der Waals surface area contributed by atoms with Crippen molar-refractivity contribution in [3.05, 3.63) is 77.9 Å². The largest absolute Gasteiger partial charge is 0.355 e. The predicted molar refractivity (Wildman–Crippen MR) is 126 cm³/mol. The Kier molecular flexibility index (Phi) is 5.52. The summed E-state index contributed by atoms with van der Waals surface area (Å²) in [6, 6.07) is 13.5. The Hall–Kier alpha value is -3.79. The Labute approximate surface area is 197 Å². The average Bonchev–Trinajstić information content (AvgIpc) is 3.39. The lowest BCUT2D eigenvalue weighted by Gasteiger charge is -2.33. The fraction of sp³-hybridized carbons (Fsp3) is 0.250. The van der Waals surface area contributed by atoms with Crippen LogP contribution in [0.2, 0.25) is 0 Å². The molecular weight excluding hydrogens is 454 g/mol. The Morgan fingerprint density at radius 3 is 2.59 bits per heavy atom. The Morgan fingerprint density at radius 1 is 1.09 bits per heavy atom. The van der Waals surface area contributed by atoms with E-state index >= 15 is 0 Å². The van der Waals surface area contributed by atoms with E-state index in [1.165, 1.54) is 0 Å². The second-order valence-electron chi connectivity index (χ2n) is 8.43. The van der Waals surface area contributed by atoms with Gasteiger partial charge in [0, 0.05) is 49.3 Å². The van der Waals surface area contributed by atoms with E-state index < -0.39 is 10.0 Å². The Morgan fingerprint density at radius 2 is 1.85 bits per heavy atom. The first-order valence-corrected chi connectivity index (χ1v) is 12.4. The highest BCUT2D eigenvalue weighted by Crippen LogP contribution is 2.30. The number of carbonyl (C=O) groups excluding carboxylic acids is 2. The summed E-state index contributed by atoms with van der Waals surface area (Å²) in [6.07, 6.45) is 4.72. The molecule has 9 nitrogen and oxygen atoms in total. The average molecular weight is 478 g/mol. The summed E-state index contributed by atoms with van der Waals surface area (Å²) in [6.45, 7) is 1.01. The van der Waals surface area contributed by atoms with Gasteiger partial charge in [-0.05, 0) is 49.2 Å². The first kappa shape index (κ1) is 22.0. The van der Waals surface area contributed by atoms with Gasteiger partial charge >= 0.3 is 0 Å². The molecule has 1 saturated heterocycles. The summed E-state index contributed by atoms with van der Waals surface area (Å²) >= 11 is 0. The Balaban J connectivity index is 1.27. The molecule has 34 heavy (non-hydrogen) atoms. The molecule has 0 saturated carbocycles. The number of nitrogens with zero attached hydrogens (tertiary/aromatic N) is 4. The molecule has 5 rings (SSSR count). The standard InChI is InChI=1S/C24H23N5O4S/c1-28-14-12-25-23(28)21(30)16-8-10-18(11-9-16)26-24(31)17-5-4-13-29(15-17)22-19-6-2-3-7-20(19)34(32,33)27-22/h2-3,6-12,14,17H,4-5,13,15H2,1H3,(H,26,31). The van der Waals surface area contributed by atoms with E-state index in [-0.39, 0.29) is 22.5 Å². The molecule has 0 radical (unpaired) electrons. The maximum Gasteiger partial charge on any atom is 0.285 e. The summed E-state index contributed by atoms with van der Waals surface area (Å²) in [4.78, 5) is 31.7. The van der Waals surface area contributed by atoms with Crippen molar-refractivity contribution >= 4 is 33.2 Å². The van der Waals surface area contributed by atoms with Crippen LogP contribution < -0.4 is 5.32 Å². The molecule has 2 aliphatic rings. The van der Waals surface area contributed by atoms with Gasteiger partial charge in [-0.1, -0.05) is 12.1 Å². The molecule has 2 aromatic carbocycles. The smallest absolute Gasteiger partial charge is 0.285 e. The van der Waals surface area contributed by atoms with Crippen LogP contribution in [0.1, 0.15) is 34.6 Å². The predicted octanol–water partition coefficient (Wildman–Crippen LogP) is 2.45. The van der Waals surface area contributed by atoms with E-state index in [4.69, 9.17) is 0 Å². The second-order valence-corrected chi connectivity index (χ2v) is 10.0. The van der Waals surface area contributed by atoms with Crippen LogP contribution in [-0.2, 0) is 21.9 Å². The monoisotopic (exact) mass is 477 g/mol.